The maximum absolute atomic E-state index is 11.0. The Morgan fingerprint density at radius 3 is 2.90 bits per heavy atom. The summed E-state index contributed by atoms with van der Waals surface area (Å²) in [6.45, 7) is 0. The summed E-state index contributed by atoms with van der Waals surface area (Å²) < 4.78 is 0. The van der Waals surface area contributed by atoms with Gasteiger partial charge in [0.2, 0.25) is 0 Å². The average Bonchev–Trinajstić information content (AvgIpc) is 2.93. The van der Waals surface area contributed by atoms with Crippen LogP contribution >= 0.6 is 11.3 Å². The minimum atomic E-state index is -0.831. The Labute approximate surface area is 123 Å². The van der Waals surface area contributed by atoms with E-state index in [9.17, 15) is 14.9 Å². The molecule has 0 aliphatic rings. The minimum Gasteiger partial charge on any atom is -0.365 e. The Morgan fingerprint density at radius 1 is 1.52 bits per heavy atom. The number of thiazole rings is 1. The summed E-state index contributed by atoms with van der Waals surface area (Å²) >= 11 is 1.25. The molecule has 21 heavy (non-hydrogen) atoms. The largest absolute Gasteiger partial charge is 0.365 e. The van der Waals surface area contributed by atoms with Gasteiger partial charge in [-0.15, -0.1) is 11.3 Å². The SMILES string of the molecule is N#CC(=Cc1csc(-c2cccc([N+](=O)[O-])c2)n1)C(N)=O. The molecule has 0 radical (unpaired) electrons. The van der Waals surface area contributed by atoms with Crippen LogP contribution in [0.15, 0.2) is 35.2 Å². The van der Waals surface area contributed by atoms with Crippen LogP contribution in [0.5, 0.6) is 0 Å². The zero-order chi connectivity index (χ0) is 15.4. The van der Waals surface area contributed by atoms with Crippen LogP contribution in [0.3, 0.4) is 0 Å². The van der Waals surface area contributed by atoms with Crippen molar-refractivity contribution in [2.45, 2.75) is 0 Å². The minimum absolute atomic E-state index is 0.0327. The molecular formula is C13H8N4O3S. The van der Waals surface area contributed by atoms with E-state index in [1.54, 1.807) is 23.6 Å². The number of primary amides is 1. The van der Waals surface area contributed by atoms with Crippen LogP contribution in [0.4, 0.5) is 5.69 Å². The van der Waals surface area contributed by atoms with Crippen LogP contribution in [0.25, 0.3) is 16.6 Å². The smallest absolute Gasteiger partial charge is 0.270 e. The molecule has 1 amide bonds. The molecule has 1 heterocycles. The standard InChI is InChI=1S/C13H8N4O3S/c14-6-9(12(15)18)4-10-7-21-13(16-10)8-2-1-3-11(5-8)17(19)20/h1-5,7H,(H2,15,18). The van der Waals surface area contributed by atoms with Gasteiger partial charge < -0.3 is 5.73 Å². The maximum Gasteiger partial charge on any atom is 0.270 e. The summed E-state index contributed by atoms with van der Waals surface area (Å²) in [4.78, 5) is 25.4. The van der Waals surface area contributed by atoms with Crippen molar-refractivity contribution in [2.24, 2.45) is 5.73 Å². The average molecular weight is 300 g/mol. The summed E-state index contributed by atoms with van der Waals surface area (Å²) in [5, 5.41) is 21.7. The third-order valence-electron chi connectivity index (χ3n) is 2.50. The Hall–Kier alpha value is -3.05. The second-order valence-corrected chi connectivity index (χ2v) is 4.78. The highest BCUT2D eigenvalue weighted by atomic mass is 32.1. The second kappa shape index (κ2) is 5.94. The molecule has 2 rings (SSSR count). The third-order valence-corrected chi connectivity index (χ3v) is 3.41. The number of benzene rings is 1. The van der Waals surface area contributed by atoms with Gasteiger partial charge in [-0.05, 0) is 6.08 Å². The first kappa shape index (κ1) is 14.4. The van der Waals surface area contributed by atoms with Crippen molar-refractivity contribution in [2.75, 3.05) is 0 Å². The number of carbonyl (C=O) groups is 1. The number of amides is 1. The summed E-state index contributed by atoms with van der Waals surface area (Å²) in [5.41, 5.74) is 5.79. The highest BCUT2D eigenvalue weighted by Gasteiger charge is 2.11. The molecular weight excluding hydrogens is 292 g/mol. The fourth-order valence-electron chi connectivity index (χ4n) is 1.54. The van der Waals surface area contributed by atoms with E-state index in [1.165, 1.54) is 29.5 Å². The number of nitrogens with two attached hydrogens (primary N) is 1. The van der Waals surface area contributed by atoms with Gasteiger partial charge in [0.1, 0.15) is 16.6 Å². The van der Waals surface area contributed by atoms with Crippen molar-refractivity contribution in [3.8, 4) is 16.6 Å². The summed E-state index contributed by atoms with van der Waals surface area (Å²) in [6, 6.07) is 7.74. The summed E-state index contributed by atoms with van der Waals surface area (Å²) in [7, 11) is 0. The number of nitriles is 1. The fourth-order valence-corrected chi connectivity index (χ4v) is 2.32. The number of nitrogens with zero attached hydrogens (tertiary/aromatic N) is 3. The topological polar surface area (TPSA) is 123 Å². The number of carbonyl (C=O) groups excluding carboxylic acids is 1. The van der Waals surface area contributed by atoms with Gasteiger partial charge in [-0.2, -0.15) is 5.26 Å². The van der Waals surface area contributed by atoms with Crippen molar-refractivity contribution >= 4 is 29.0 Å². The molecule has 7 nitrogen and oxygen atoms in total. The number of nitro groups is 1. The van der Waals surface area contributed by atoms with E-state index >= 15 is 0 Å². The lowest BCUT2D eigenvalue weighted by Crippen LogP contribution is -2.12. The lowest BCUT2D eigenvalue weighted by Gasteiger charge is -1.96. The molecule has 0 bridgehead atoms. The maximum atomic E-state index is 11.0. The van der Waals surface area contributed by atoms with E-state index in [2.05, 4.69) is 4.98 Å². The monoisotopic (exact) mass is 300 g/mol. The molecule has 1 aromatic heterocycles. The molecule has 1 aromatic carbocycles. The first-order valence-electron chi connectivity index (χ1n) is 5.63. The molecule has 0 aliphatic heterocycles. The van der Waals surface area contributed by atoms with Gasteiger partial charge in [0.25, 0.3) is 11.6 Å². The normalized spacial score (nSPS) is 10.9. The Balaban J connectivity index is 2.37. The van der Waals surface area contributed by atoms with Crippen LogP contribution < -0.4 is 5.73 Å². The molecule has 2 N–H and O–H groups in total. The van der Waals surface area contributed by atoms with Crippen molar-refractivity contribution < 1.29 is 9.72 Å². The van der Waals surface area contributed by atoms with E-state index in [0.29, 0.717) is 16.3 Å². The second-order valence-electron chi connectivity index (χ2n) is 3.92. The van der Waals surface area contributed by atoms with Crippen molar-refractivity contribution in [3.63, 3.8) is 0 Å². The third kappa shape index (κ3) is 3.29. The van der Waals surface area contributed by atoms with Crippen molar-refractivity contribution in [1.82, 2.24) is 4.98 Å². The molecule has 0 aliphatic carbocycles. The first-order valence-corrected chi connectivity index (χ1v) is 6.51. The molecule has 8 heteroatoms. The van der Waals surface area contributed by atoms with Crippen LogP contribution in [-0.4, -0.2) is 15.8 Å². The summed E-state index contributed by atoms with van der Waals surface area (Å²) in [5.74, 6) is -0.831. The number of aromatic nitrogens is 1. The molecule has 0 unspecified atom stereocenters. The highest BCUT2D eigenvalue weighted by Crippen LogP contribution is 2.27. The first-order chi connectivity index (χ1) is 10.0. The van der Waals surface area contributed by atoms with Gasteiger partial charge >= 0.3 is 0 Å². The molecule has 0 fully saturated rings. The molecule has 0 saturated carbocycles. The lowest BCUT2D eigenvalue weighted by molar-refractivity contribution is -0.384. The van der Waals surface area contributed by atoms with Crippen LogP contribution in [0.2, 0.25) is 0 Å². The van der Waals surface area contributed by atoms with Crippen molar-refractivity contribution in [1.29, 1.82) is 5.26 Å². The predicted octanol–water partition coefficient (Wildman–Crippen LogP) is 2.11. The summed E-state index contributed by atoms with van der Waals surface area (Å²) in [6.07, 6.45) is 1.28. The van der Waals surface area contributed by atoms with Gasteiger partial charge in [-0.25, -0.2) is 4.98 Å². The Morgan fingerprint density at radius 2 is 2.29 bits per heavy atom. The van der Waals surface area contributed by atoms with Crippen LogP contribution in [-0.2, 0) is 4.79 Å². The number of nitro benzene ring substituents is 1. The van der Waals surface area contributed by atoms with Gasteiger partial charge in [0.15, 0.2) is 0 Å². The van der Waals surface area contributed by atoms with E-state index < -0.39 is 10.8 Å². The predicted molar refractivity (Wildman–Crippen MR) is 77.0 cm³/mol. The van der Waals surface area contributed by atoms with Gasteiger partial charge in [-0.1, -0.05) is 12.1 Å². The van der Waals surface area contributed by atoms with Crippen LogP contribution in [0.1, 0.15) is 5.69 Å². The van der Waals surface area contributed by atoms with E-state index in [4.69, 9.17) is 11.0 Å². The number of hydrogen-bond acceptors (Lipinski definition) is 6. The molecule has 2 aromatic rings. The van der Waals surface area contributed by atoms with Crippen LogP contribution in [0, 0.1) is 21.4 Å². The quantitative estimate of drug-likeness (QED) is 0.401. The Kier molecular flexibility index (Phi) is 4.06. The zero-order valence-electron chi connectivity index (χ0n) is 10.5. The van der Waals surface area contributed by atoms with E-state index in [-0.39, 0.29) is 11.3 Å². The van der Waals surface area contributed by atoms with Gasteiger partial charge in [0, 0.05) is 23.1 Å². The lowest BCUT2D eigenvalue weighted by atomic mass is 10.2. The van der Waals surface area contributed by atoms with E-state index in [1.807, 2.05) is 0 Å². The van der Waals surface area contributed by atoms with E-state index in [0.717, 1.165) is 0 Å². The number of hydrogen-bond donors (Lipinski definition) is 1. The molecule has 0 spiro atoms. The highest BCUT2D eigenvalue weighted by molar-refractivity contribution is 7.13. The Bertz CT molecular complexity index is 789. The zero-order valence-corrected chi connectivity index (χ0v) is 11.3. The molecule has 104 valence electrons. The molecule has 0 saturated heterocycles. The molecule has 0 atom stereocenters. The van der Waals surface area contributed by atoms with Crippen molar-refractivity contribution in [3.05, 3.63) is 51.0 Å². The number of rotatable bonds is 4. The van der Waals surface area contributed by atoms with Gasteiger partial charge in [-0.3, -0.25) is 14.9 Å². The van der Waals surface area contributed by atoms with Gasteiger partial charge in [0.05, 0.1) is 10.6 Å². The number of non-ortho nitro benzene ring substituents is 1. The fraction of sp³-hybridized carbons (Fsp3) is 0.